The lowest BCUT2D eigenvalue weighted by Gasteiger charge is -2.05. The van der Waals surface area contributed by atoms with Crippen molar-refractivity contribution in [2.75, 3.05) is 6.61 Å². The summed E-state index contributed by atoms with van der Waals surface area (Å²) in [5.74, 6) is -1.69. The number of pyridine rings is 1. The van der Waals surface area contributed by atoms with E-state index >= 15 is 0 Å². The third kappa shape index (κ3) is 3.33. The largest absolute Gasteiger partial charge is 0.466 e. The van der Waals surface area contributed by atoms with Gasteiger partial charge in [-0.3, -0.25) is 9.59 Å². The second kappa shape index (κ2) is 6.03. The van der Waals surface area contributed by atoms with Gasteiger partial charge in [-0.05, 0) is 11.8 Å². The molecule has 1 rings (SSSR count). The quantitative estimate of drug-likeness (QED) is 0.496. The molecule has 1 N–H and O–H groups in total. The molecule has 0 fully saturated rings. The summed E-state index contributed by atoms with van der Waals surface area (Å²) < 4.78 is 29.6. The van der Waals surface area contributed by atoms with Crippen molar-refractivity contribution in [3.8, 4) is 0 Å². The number of H-pyrrole nitrogens is 1. The topological polar surface area (TPSA) is 102 Å². The van der Waals surface area contributed by atoms with Crippen molar-refractivity contribution in [2.24, 2.45) is 0 Å². The van der Waals surface area contributed by atoms with Crippen LogP contribution >= 0.6 is 0 Å². The number of halogens is 2. The van der Waals surface area contributed by atoms with Crippen LogP contribution in [0.3, 0.4) is 0 Å². The van der Waals surface area contributed by atoms with Crippen LogP contribution in [0.2, 0.25) is 0 Å². The molecular formula is C10H10F2N2O5. The van der Waals surface area contributed by atoms with Crippen molar-refractivity contribution in [3.05, 3.63) is 37.7 Å². The normalized spacial score (nSPS) is 10.5. The Balaban J connectivity index is 3.31. The van der Waals surface area contributed by atoms with Gasteiger partial charge < -0.3 is 14.9 Å². The van der Waals surface area contributed by atoms with E-state index in [2.05, 4.69) is 4.74 Å². The monoisotopic (exact) mass is 276 g/mol. The van der Waals surface area contributed by atoms with Crippen LogP contribution in [0, 0.1) is 10.1 Å². The first-order chi connectivity index (χ1) is 8.88. The molecule has 104 valence electrons. The zero-order valence-corrected chi connectivity index (χ0v) is 9.81. The van der Waals surface area contributed by atoms with Crippen molar-refractivity contribution in [2.45, 2.75) is 19.8 Å². The van der Waals surface area contributed by atoms with Gasteiger partial charge in [-0.1, -0.05) is 0 Å². The molecule has 1 aromatic rings. The highest BCUT2D eigenvalue weighted by molar-refractivity contribution is 5.73. The van der Waals surface area contributed by atoms with Crippen molar-refractivity contribution < 1.29 is 23.2 Å². The molecule has 0 radical (unpaired) electrons. The highest BCUT2D eigenvalue weighted by Gasteiger charge is 2.25. The van der Waals surface area contributed by atoms with Gasteiger partial charge in [0.25, 0.3) is 6.43 Å². The van der Waals surface area contributed by atoms with E-state index in [1.165, 1.54) is 6.92 Å². The SMILES string of the molecule is CCOC(=O)Cc1c([N+](=O)[O-])[nH]cc(C(F)F)c1=O. The maximum Gasteiger partial charge on any atom is 0.328 e. The molecule has 0 aromatic carbocycles. The van der Waals surface area contributed by atoms with Crippen LogP contribution in [0.25, 0.3) is 0 Å². The summed E-state index contributed by atoms with van der Waals surface area (Å²) in [5.41, 5.74) is -2.79. The molecule has 0 aliphatic rings. The van der Waals surface area contributed by atoms with Crippen LogP contribution in [0.4, 0.5) is 14.6 Å². The predicted molar refractivity (Wildman–Crippen MR) is 59.0 cm³/mol. The number of alkyl halides is 2. The Labute approximate surface area is 105 Å². The summed E-state index contributed by atoms with van der Waals surface area (Å²) >= 11 is 0. The van der Waals surface area contributed by atoms with Gasteiger partial charge in [-0.15, -0.1) is 0 Å². The van der Waals surface area contributed by atoms with E-state index in [9.17, 15) is 28.5 Å². The van der Waals surface area contributed by atoms with Crippen molar-refractivity contribution in [1.82, 2.24) is 4.98 Å². The highest BCUT2D eigenvalue weighted by Crippen LogP contribution is 2.19. The fourth-order valence-corrected chi connectivity index (χ4v) is 1.43. The minimum atomic E-state index is -3.09. The van der Waals surface area contributed by atoms with Crippen LogP contribution in [-0.4, -0.2) is 22.5 Å². The first-order valence-electron chi connectivity index (χ1n) is 5.21. The van der Waals surface area contributed by atoms with E-state index < -0.39 is 46.1 Å². The second-order valence-corrected chi connectivity index (χ2v) is 3.44. The molecule has 1 heterocycles. The zero-order valence-electron chi connectivity index (χ0n) is 9.81. The first-order valence-corrected chi connectivity index (χ1v) is 5.21. The highest BCUT2D eigenvalue weighted by atomic mass is 19.3. The molecule has 0 bridgehead atoms. The Morgan fingerprint density at radius 1 is 1.58 bits per heavy atom. The molecule has 0 saturated heterocycles. The number of ether oxygens (including phenoxy) is 1. The van der Waals surface area contributed by atoms with Gasteiger partial charge >= 0.3 is 11.8 Å². The summed E-state index contributed by atoms with van der Waals surface area (Å²) in [5, 5.41) is 10.7. The number of aromatic nitrogens is 1. The molecule has 0 amide bonds. The predicted octanol–water partition coefficient (Wildman–Crippen LogP) is 1.33. The Morgan fingerprint density at radius 3 is 2.68 bits per heavy atom. The summed E-state index contributed by atoms with van der Waals surface area (Å²) in [6.45, 7) is 1.52. The lowest BCUT2D eigenvalue weighted by Crippen LogP contribution is -2.22. The number of nitro groups is 1. The standard InChI is InChI=1S/C10H10F2N2O5/c1-2-19-7(15)3-5-8(16)6(9(11)12)4-13-10(5)14(17)18/h4,9H,2-3H2,1H3,(H,13,16). The summed E-state index contributed by atoms with van der Waals surface area (Å²) in [6, 6.07) is 0. The summed E-state index contributed by atoms with van der Waals surface area (Å²) in [7, 11) is 0. The minimum Gasteiger partial charge on any atom is -0.466 e. The lowest BCUT2D eigenvalue weighted by atomic mass is 10.1. The third-order valence-electron chi connectivity index (χ3n) is 2.23. The Bertz CT molecular complexity index is 555. The molecule has 0 aliphatic carbocycles. The number of hydrogen-bond donors (Lipinski definition) is 1. The van der Waals surface area contributed by atoms with Crippen LogP contribution < -0.4 is 5.43 Å². The number of nitrogens with zero attached hydrogens (tertiary/aromatic N) is 1. The smallest absolute Gasteiger partial charge is 0.328 e. The Hall–Kier alpha value is -2.32. The number of esters is 1. The van der Waals surface area contributed by atoms with Gasteiger partial charge in [-0.2, -0.15) is 0 Å². The molecule has 0 spiro atoms. The van der Waals surface area contributed by atoms with Crippen LogP contribution in [-0.2, 0) is 16.0 Å². The van der Waals surface area contributed by atoms with Crippen LogP contribution in [0.1, 0.15) is 24.5 Å². The molecule has 0 unspecified atom stereocenters. The molecule has 0 aliphatic heterocycles. The number of carbonyl (C=O) groups excluding carboxylic acids is 1. The molecule has 0 atom stereocenters. The number of hydrogen-bond acceptors (Lipinski definition) is 5. The molecule has 7 nitrogen and oxygen atoms in total. The van der Waals surface area contributed by atoms with Gasteiger partial charge in [0.05, 0.1) is 13.0 Å². The number of rotatable bonds is 5. The van der Waals surface area contributed by atoms with E-state index in [0.29, 0.717) is 6.20 Å². The average molecular weight is 276 g/mol. The molecule has 19 heavy (non-hydrogen) atoms. The van der Waals surface area contributed by atoms with Crippen LogP contribution in [0.5, 0.6) is 0 Å². The van der Waals surface area contributed by atoms with E-state index in [1.807, 2.05) is 4.98 Å². The van der Waals surface area contributed by atoms with E-state index in [0.717, 1.165) is 0 Å². The van der Waals surface area contributed by atoms with Gasteiger partial charge in [-0.25, -0.2) is 13.8 Å². The summed E-state index contributed by atoms with van der Waals surface area (Å²) in [6.07, 6.45) is -3.26. The average Bonchev–Trinajstić information content (AvgIpc) is 2.31. The number of nitrogens with one attached hydrogen (secondary N) is 1. The minimum absolute atomic E-state index is 0.0130. The lowest BCUT2D eigenvalue weighted by molar-refractivity contribution is -0.390. The first kappa shape index (κ1) is 14.7. The second-order valence-electron chi connectivity index (χ2n) is 3.44. The molecule has 0 saturated carbocycles. The van der Waals surface area contributed by atoms with Gasteiger partial charge in [0.15, 0.2) is 0 Å². The molecule has 9 heteroatoms. The zero-order chi connectivity index (χ0) is 14.6. The number of carbonyl (C=O) groups is 1. The van der Waals surface area contributed by atoms with Gasteiger partial charge in [0.2, 0.25) is 5.43 Å². The van der Waals surface area contributed by atoms with E-state index in [4.69, 9.17) is 0 Å². The maximum atomic E-state index is 12.5. The van der Waals surface area contributed by atoms with Crippen molar-refractivity contribution in [3.63, 3.8) is 0 Å². The molecular weight excluding hydrogens is 266 g/mol. The van der Waals surface area contributed by atoms with E-state index in [1.54, 1.807) is 0 Å². The van der Waals surface area contributed by atoms with E-state index in [-0.39, 0.29) is 6.61 Å². The molecule has 1 aromatic heterocycles. The fourth-order valence-electron chi connectivity index (χ4n) is 1.43. The van der Waals surface area contributed by atoms with Crippen LogP contribution in [0.15, 0.2) is 11.0 Å². The van der Waals surface area contributed by atoms with Crippen molar-refractivity contribution >= 4 is 11.8 Å². The van der Waals surface area contributed by atoms with Gasteiger partial charge in [0, 0.05) is 0 Å². The fraction of sp³-hybridized carbons (Fsp3) is 0.400. The Morgan fingerprint density at radius 2 is 2.21 bits per heavy atom. The van der Waals surface area contributed by atoms with Gasteiger partial charge in [0.1, 0.15) is 17.3 Å². The number of aromatic amines is 1. The summed E-state index contributed by atoms with van der Waals surface area (Å²) in [4.78, 5) is 34.6. The van der Waals surface area contributed by atoms with Crippen molar-refractivity contribution in [1.29, 1.82) is 0 Å². The third-order valence-corrected chi connectivity index (χ3v) is 2.23. The Kier molecular flexibility index (Phi) is 4.67. The maximum absolute atomic E-state index is 12.5.